The number of nitrogens with one attached hydrogen (secondary N) is 1. The minimum atomic E-state index is -0.152. The normalized spacial score (nSPS) is 12.4. The van der Waals surface area contributed by atoms with Crippen LogP contribution < -0.4 is 10.1 Å². The van der Waals surface area contributed by atoms with Crippen molar-refractivity contribution < 1.29 is 9.53 Å². The number of fused-ring (bicyclic) bond motifs is 1. The third-order valence-electron chi connectivity index (χ3n) is 4.88. The first kappa shape index (κ1) is 20.2. The molecule has 1 aliphatic rings. The number of hydrogen-bond donors (Lipinski definition) is 1. The van der Waals surface area contributed by atoms with E-state index in [1.807, 2.05) is 48.7 Å². The van der Waals surface area contributed by atoms with E-state index in [1.54, 1.807) is 23.1 Å². The fraction of sp³-hybridized carbons (Fsp3) is 0.174. The molecule has 1 amide bonds. The van der Waals surface area contributed by atoms with Crippen LogP contribution in [0.4, 0.5) is 5.13 Å². The van der Waals surface area contributed by atoms with Gasteiger partial charge in [0.15, 0.2) is 5.13 Å². The zero-order valence-corrected chi connectivity index (χ0v) is 19.2. The predicted molar refractivity (Wildman–Crippen MR) is 128 cm³/mol. The van der Waals surface area contributed by atoms with Gasteiger partial charge < -0.3 is 4.74 Å². The number of hydrogen-bond acceptors (Lipinski definition) is 7. The Bertz CT molecular complexity index is 1250. The minimum Gasteiger partial charge on any atom is -0.493 e. The van der Waals surface area contributed by atoms with Gasteiger partial charge in [-0.3, -0.25) is 10.1 Å². The van der Waals surface area contributed by atoms with Crippen LogP contribution in [0.3, 0.4) is 0 Å². The maximum Gasteiger partial charge on any atom is 0.258 e. The zero-order valence-electron chi connectivity index (χ0n) is 16.8. The number of benzene rings is 2. The van der Waals surface area contributed by atoms with Crippen LogP contribution in [0, 0.1) is 6.92 Å². The fourth-order valence-corrected chi connectivity index (χ4v) is 5.76. The molecule has 1 N–H and O–H groups in total. The third kappa shape index (κ3) is 4.51. The van der Waals surface area contributed by atoms with Gasteiger partial charge in [0.1, 0.15) is 5.75 Å². The van der Waals surface area contributed by atoms with Crippen LogP contribution in [0.2, 0.25) is 0 Å². The van der Waals surface area contributed by atoms with E-state index in [1.165, 1.54) is 16.9 Å². The van der Waals surface area contributed by atoms with Gasteiger partial charge in [-0.25, -0.2) is 9.97 Å². The Morgan fingerprint density at radius 2 is 2.06 bits per heavy atom. The highest BCUT2D eigenvalue weighted by molar-refractivity contribution is 7.98. The molecule has 2 aromatic carbocycles. The van der Waals surface area contributed by atoms with E-state index in [9.17, 15) is 4.79 Å². The van der Waals surface area contributed by atoms with Crippen molar-refractivity contribution in [3.05, 3.63) is 75.1 Å². The molecular weight excluding hydrogens is 446 g/mol. The number of carbonyl (C=O) groups excluding carboxylic acids is 1. The van der Waals surface area contributed by atoms with Crippen molar-refractivity contribution in [2.45, 2.75) is 24.0 Å². The Labute approximate surface area is 192 Å². The van der Waals surface area contributed by atoms with Gasteiger partial charge in [0.25, 0.3) is 5.91 Å². The van der Waals surface area contributed by atoms with E-state index in [-0.39, 0.29) is 5.91 Å². The minimum absolute atomic E-state index is 0.152. The third-order valence-corrected chi connectivity index (χ3v) is 7.57. The predicted octanol–water partition coefficient (Wildman–Crippen LogP) is 6.05. The van der Waals surface area contributed by atoms with Gasteiger partial charge in [-0.05, 0) is 42.8 Å². The lowest BCUT2D eigenvalue weighted by Gasteiger charge is -2.08. The summed E-state index contributed by atoms with van der Waals surface area (Å²) >= 11 is 4.69. The summed E-state index contributed by atoms with van der Waals surface area (Å²) in [5.41, 5.74) is 4.78. The first-order valence-corrected chi connectivity index (χ1v) is 12.6. The molecule has 0 spiro atoms. The number of aromatic nitrogens is 2. The Kier molecular flexibility index (Phi) is 5.76. The van der Waals surface area contributed by atoms with Crippen LogP contribution in [0.15, 0.2) is 58.1 Å². The molecule has 3 heterocycles. The molecule has 5 rings (SSSR count). The monoisotopic (exact) mass is 465 g/mol. The molecule has 31 heavy (non-hydrogen) atoms. The summed E-state index contributed by atoms with van der Waals surface area (Å²) in [7, 11) is 0. The average Bonchev–Trinajstić information content (AvgIpc) is 3.53. The highest BCUT2D eigenvalue weighted by Crippen LogP contribution is 2.32. The number of thiazole rings is 2. The lowest BCUT2D eigenvalue weighted by molar-refractivity contribution is 0.102. The number of thioether (sulfide) groups is 1. The van der Waals surface area contributed by atoms with Crippen molar-refractivity contribution in [3.8, 4) is 17.0 Å². The first-order chi connectivity index (χ1) is 15.2. The Morgan fingerprint density at radius 3 is 2.94 bits per heavy atom. The first-order valence-electron chi connectivity index (χ1n) is 9.81. The molecule has 0 aliphatic carbocycles. The van der Waals surface area contributed by atoms with E-state index in [2.05, 4.69) is 26.7 Å². The van der Waals surface area contributed by atoms with Crippen molar-refractivity contribution in [3.63, 3.8) is 0 Å². The van der Waals surface area contributed by atoms with Gasteiger partial charge in [-0.1, -0.05) is 12.1 Å². The number of rotatable bonds is 6. The highest BCUT2D eigenvalue weighted by Gasteiger charge is 2.16. The standard InChI is InChI=1S/C23H19N3O2S3/c1-14-24-17(11-29-14)12-30-21-5-3-2-4-18(21)22(27)26-23-25-19(13-31-23)15-6-7-20-16(10-15)8-9-28-20/h2-7,10-11,13H,8-9,12H2,1H3,(H,25,26,27). The van der Waals surface area contributed by atoms with E-state index in [0.29, 0.717) is 10.7 Å². The van der Waals surface area contributed by atoms with Gasteiger partial charge in [0.05, 0.1) is 28.6 Å². The largest absolute Gasteiger partial charge is 0.493 e. The lowest BCUT2D eigenvalue weighted by Crippen LogP contribution is -2.12. The van der Waals surface area contributed by atoms with E-state index < -0.39 is 0 Å². The molecule has 0 fully saturated rings. The van der Waals surface area contributed by atoms with Gasteiger partial charge in [-0.15, -0.1) is 34.4 Å². The van der Waals surface area contributed by atoms with Crippen LogP contribution in [0.25, 0.3) is 11.3 Å². The Morgan fingerprint density at radius 1 is 1.16 bits per heavy atom. The summed E-state index contributed by atoms with van der Waals surface area (Å²) in [5.74, 6) is 1.54. The van der Waals surface area contributed by atoms with Crippen molar-refractivity contribution >= 4 is 45.5 Å². The molecule has 0 radical (unpaired) electrons. The van der Waals surface area contributed by atoms with Crippen molar-refractivity contribution in [2.75, 3.05) is 11.9 Å². The van der Waals surface area contributed by atoms with E-state index in [4.69, 9.17) is 4.74 Å². The second-order valence-corrected chi connectivity index (χ2v) is 9.99. The summed E-state index contributed by atoms with van der Waals surface area (Å²) in [6.07, 6.45) is 0.922. The molecule has 2 aromatic heterocycles. The highest BCUT2D eigenvalue weighted by atomic mass is 32.2. The maximum atomic E-state index is 13.0. The molecule has 0 bridgehead atoms. The second-order valence-electron chi connectivity index (χ2n) is 7.06. The van der Waals surface area contributed by atoms with E-state index >= 15 is 0 Å². The molecule has 1 aliphatic heterocycles. The number of carbonyl (C=O) groups is 1. The molecule has 0 saturated heterocycles. The number of ether oxygens (including phenoxy) is 1. The smallest absolute Gasteiger partial charge is 0.258 e. The van der Waals surface area contributed by atoms with Crippen LogP contribution >= 0.6 is 34.4 Å². The number of aryl methyl sites for hydroxylation is 1. The summed E-state index contributed by atoms with van der Waals surface area (Å²) in [5, 5.41) is 8.64. The zero-order chi connectivity index (χ0) is 21.2. The van der Waals surface area contributed by atoms with E-state index in [0.717, 1.165) is 51.4 Å². The lowest BCUT2D eigenvalue weighted by atomic mass is 10.1. The molecule has 0 atom stereocenters. The van der Waals surface area contributed by atoms with Gasteiger partial charge in [0.2, 0.25) is 0 Å². The SMILES string of the molecule is Cc1nc(CSc2ccccc2C(=O)Nc2nc(-c3ccc4c(c3)CCO4)cs2)cs1. The summed E-state index contributed by atoms with van der Waals surface area (Å²) in [6, 6.07) is 13.8. The summed E-state index contributed by atoms with van der Waals surface area (Å²) in [4.78, 5) is 23.0. The fourth-order valence-electron chi connectivity index (χ4n) is 3.38. The Balaban J connectivity index is 1.30. The van der Waals surface area contributed by atoms with Crippen molar-refractivity contribution in [1.82, 2.24) is 9.97 Å². The number of anilines is 1. The molecule has 156 valence electrons. The molecule has 5 nitrogen and oxygen atoms in total. The maximum absolute atomic E-state index is 13.0. The topological polar surface area (TPSA) is 64.1 Å². The van der Waals surface area contributed by atoms with Gasteiger partial charge >= 0.3 is 0 Å². The summed E-state index contributed by atoms with van der Waals surface area (Å²) < 4.78 is 5.58. The molecule has 4 aromatic rings. The van der Waals surface area contributed by atoms with Crippen molar-refractivity contribution in [2.24, 2.45) is 0 Å². The number of nitrogens with zero attached hydrogens (tertiary/aromatic N) is 2. The van der Waals surface area contributed by atoms with Crippen molar-refractivity contribution in [1.29, 1.82) is 0 Å². The van der Waals surface area contributed by atoms with Gasteiger partial charge in [-0.2, -0.15) is 0 Å². The van der Waals surface area contributed by atoms with Crippen LogP contribution in [0.5, 0.6) is 5.75 Å². The molecule has 8 heteroatoms. The Hall–Kier alpha value is -2.68. The average molecular weight is 466 g/mol. The molecule has 0 unspecified atom stereocenters. The van der Waals surface area contributed by atoms with Crippen LogP contribution in [-0.4, -0.2) is 22.5 Å². The van der Waals surface area contributed by atoms with Gasteiger partial charge in [0, 0.05) is 33.4 Å². The molecular formula is C23H19N3O2S3. The van der Waals surface area contributed by atoms with Crippen LogP contribution in [-0.2, 0) is 12.2 Å². The number of amides is 1. The van der Waals surface area contributed by atoms with Crippen LogP contribution in [0.1, 0.15) is 26.6 Å². The quantitative estimate of drug-likeness (QED) is 0.351. The molecule has 0 saturated carbocycles. The summed E-state index contributed by atoms with van der Waals surface area (Å²) in [6.45, 7) is 2.73. The second kappa shape index (κ2) is 8.82.